The second-order valence-electron chi connectivity index (χ2n) is 6.43. The van der Waals surface area contributed by atoms with E-state index in [1.54, 1.807) is 7.11 Å². The molecular formula is C15H31N3O2. The maximum absolute atomic E-state index is 12.0. The van der Waals surface area contributed by atoms with Gasteiger partial charge in [-0.2, -0.15) is 0 Å². The fourth-order valence-corrected chi connectivity index (χ4v) is 2.88. The molecule has 5 nitrogen and oxygen atoms in total. The van der Waals surface area contributed by atoms with Crippen LogP contribution in [0.2, 0.25) is 0 Å². The Kier molecular flexibility index (Phi) is 6.92. The van der Waals surface area contributed by atoms with E-state index >= 15 is 0 Å². The molecule has 1 aliphatic heterocycles. The van der Waals surface area contributed by atoms with Crippen molar-refractivity contribution in [2.45, 2.75) is 51.7 Å². The molecule has 5 heteroatoms. The highest BCUT2D eigenvalue weighted by atomic mass is 16.5. The van der Waals surface area contributed by atoms with Crippen LogP contribution in [-0.2, 0) is 9.53 Å². The first-order chi connectivity index (χ1) is 9.39. The van der Waals surface area contributed by atoms with Crippen molar-refractivity contribution in [1.82, 2.24) is 10.2 Å². The standard InChI is InChI=1S/C15H31N3O2/c1-12(10-15(2,3)20-4)18-9-5-6-13(11-18)14(19)17-8-7-16/h12-13H,5-11,16H2,1-4H3,(H,17,19). The summed E-state index contributed by atoms with van der Waals surface area (Å²) in [7, 11) is 1.76. The molecule has 118 valence electrons. The first-order valence-electron chi connectivity index (χ1n) is 7.66. The number of ether oxygens (including phenoxy) is 1. The van der Waals surface area contributed by atoms with E-state index in [-0.39, 0.29) is 17.4 Å². The van der Waals surface area contributed by atoms with Crippen LogP contribution in [0, 0.1) is 5.92 Å². The molecule has 0 aromatic heterocycles. The van der Waals surface area contributed by atoms with Crippen LogP contribution >= 0.6 is 0 Å². The van der Waals surface area contributed by atoms with Crippen molar-refractivity contribution in [3.8, 4) is 0 Å². The largest absolute Gasteiger partial charge is 0.379 e. The van der Waals surface area contributed by atoms with Gasteiger partial charge in [-0.15, -0.1) is 0 Å². The van der Waals surface area contributed by atoms with Gasteiger partial charge < -0.3 is 15.8 Å². The number of likely N-dealkylation sites (tertiary alicyclic amines) is 1. The number of nitrogens with two attached hydrogens (primary N) is 1. The van der Waals surface area contributed by atoms with E-state index in [1.807, 2.05) is 0 Å². The number of hydrogen-bond acceptors (Lipinski definition) is 4. The number of hydrogen-bond donors (Lipinski definition) is 2. The third-order valence-electron chi connectivity index (χ3n) is 4.23. The number of nitrogens with zero attached hydrogens (tertiary/aromatic N) is 1. The van der Waals surface area contributed by atoms with Crippen LogP contribution in [0.3, 0.4) is 0 Å². The van der Waals surface area contributed by atoms with E-state index in [4.69, 9.17) is 10.5 Å². The lowest BCUT2D eigenvalue weighted by Gasteiger charge is -2.39. The molecule has 1 aliphatic rings. The molecule has 0 saturated carbocycles. The minimum absolute atomic E-state index is 0.100. The summed E-state index contributed by atoms with van der Waals surface area (Å²) in [5.41, 5.74) is 5.31. The average molecular weight is 285 g/mol. The van der Waals surface area contributed by atoms with Gasteiger partial charge in [0.2, 0.25) is 5.91 Å². The number of carbonyl (C=O) groups excluding carboxylic acids is 1. The fraction of sp³-hybridized carbons (Fsp3) is 0.933. The van der Waals surface area contributed by atoms with Gasteiger partial charge in [-0.3, -0.25) is 9.69 Å². The monoisotopic (exact) mass is 285 g/mol. The van der Waals surface area contributed by atoms with E-state index in [9.17, 15) is 4.79 Å². The predicted octanol–water partition coefficient (Wildman–Crippen LogP) is 0.977. The number of nitrogens with one attached hydrogen (secondary N) is 1. The van der Waals surface area contributed by atoms with Gasteiger partial charge in [0, 0.05) is 32.8 Å². The number of methoxy groups -OCH3 is 1. The molecule has 0 radical (unpaired) electrons. The smallest absolute Gasteiger partial charge is 0.224 e. The second-order valence-corrected chi connectivity index (χ2v) is 6.43. The van der Waals surface area contributed by atoms with Crippen molar-refractivity contribution < 1.29 is 9.53 Å². The van der Waals surface area contributed by atoms with Crippen LogP contribution in [0.1, 0.15) is 40.0 Å². The highest BCUT2D eigenvalue weighted by Gasteiger charge is 2.30. The maximum Gasteiger partial charge on any atom is 0.224 e. The molecule has 20 heavy (non-hydrogen) atoms. The molecule has 1 rings (SSSR count). The van der Waals surface area contributed by atoms with Gasteiger partial charge >= 0.3 is 0 Å². The van der Waals surface area contributed by atoms with Gasteiger partial charge in [-0.05, 0) is 46.6 Å². The predicted molar refractivity (Wildman–Crippen MR) is 81.5 cm³/mol. The molecule has 1 amide bonds. The van der Waals surface area contributed by atoms with E-state index in [2.05, 4.69) is 31.0 Å². The molecule has 1 fully saturated rings. The van der Waals surface area contributed by atoms with Gasteiger partial charge in [0.1, 0.15) is 0 Å². The Morgan fingerprint density at radius 2 is 2.25 bits per heavy atom. The number of carbonyl (C=O) groups is 1. The van der Waals surface area contributed by atoms with E-state index < -0.39 is 0 Å². The van der Waals surface area contributed by atoms with Crippen LogP contribution in [0.5, 0.6) is 0 Å². The molecule has 0 aromatic rings. The maximum atomic E-state index is 12.0. The lowest BCUT2D eigenvalue weighted by atomic mass is 9.93. The van der Waals surface area contributed by atoms with Crippen LogP contribution in [0.25, 0.3) is 0 Å². The van der Waals surface area contributed by atoms with Gasteiger partial charge in [0.15, 0.2) is 0 Å². The molecule has 0 aromatic carbocycles. The molecule has 1 heterocycles. The van der Waals surface area contributed by atoms with Crippen molar-refractivity contribution in [3.05, 3.63) is 0 Å². The van der Waals surface area contributed by atoms with Crippen LogP contribution < -0.4 is 11.1 Å². The molecule has 0 aliphatic carbocycles. The Balaban J connectivity index is 2.49. The zero-order valence-corrected chi connectivity index (χ0v) is 13.4. The van der Waals surface area contributed by atoms with Crippen molar-refractivity contribution >= 4 is 5.91 Å². The second kappa shape index (κ2) is 7.96. The van der Waals surface area contributed by atoms with E-state index in [1.165, 1.54) is 0 Å². The molecular weight excluding hydrogens is 254 g/mol. The lowest BCUT2D eigenvalue weighted by molar-refractivity contribution is -0.127. The first-order valence-corrected chi connectivity index (χ1v) is 7.66. The van der Waals surface area contributed by atoms with Crippen LogP contribution in [0.4, 0.5) is 0 Å². The summed E-state index contributed by atoms with van der Waals surface area (Å²) in [5, 5.41) is 2.91. The molecule has 3 N–H and O–H groups in total. The fourth-order valence-electron chi connectivity index (χ4n) is 2.88. The highest BCUT2D eigenvalue weighted by Crippen LogP contribution is 2.24. The van der Waals surface area contributed by atoms with Crippen molar-refractivity contribution in [2.24, 2.45) is 11.7 Å². The van der Waals surface area contributed by atoms with Gasteiger partial charge in [0.05, 0.1) is 11.5 Å². The molecule has 2 unspecified atom stereocenters. The lowest BCUT2D eigenvalue weighted by Crippen LogP contribution is -2.48. The van der Waals surface area contributed by atoms with Crippen molar-refractivity contribution in [1.29, 1.82) is 0 Å². The number of piperidine rings is 1. The van der Waals surface area contributed by atoms with E-state index in [0.29, 0.717) is 19.1 Å². The molecule has 0 bridgehead atoms. The SMILES string of the molecule is COC(C)(C)CC(C)N1CCCC(C(=O)NCCN)C1. The minimum atomic E-state index is -0.117. The summed E-state index contributed by atoms with van der Waals surface area (Å²) in [6.45, 7) is 9.43. The normalized spacial score (nSPS) is 22.6. The van der Waals surface area contributed by atoms with E-state index in [0.717, 1.165) is 32.4 Å². The van der Waals surface area contributed by atoms with Crippen LogP contribution in [-0.4, -0.2) is 55.7 Å². The summed E-state index contributed by atoms with van der Waals surface area (Å²) in [6.07, 6.45) is 3.03. The third kappa shape index (κ3) is 5.38. The Morgan fingerprint density at radius 1 is 1.55 bits per heavy atom. The minimum Gasteiger partial charge on any atom is -0.379 e. The average Bonchev–Trinajstić information content (AvgIpc) is 2.44. The topological polar surface area (TPSA) is 67.6 Å². The zero-order chi connectivity index (χ0) is 15.2. The summed E-state index contributed by atoms with van der Waals surface area (Å²) in [4.78, 5) is 14.5. The molecule has 2 atom stereocenters. The summed E-state index contributed by atoms with van der Waals surface area (Å²) >= 11 is 0. The number of amides is 1. The Bertz CT molecular complexity index is 307. The van der Waals surface area contributed by atoms with Crippen molar-refractivity contribution in [2.75, 3.05) is 33.3 Å². The summed E-state index contributed by atoms with van der Waals surface area (Å²) < 4.78 is 5.51. The first kappa shape index (κ1) is 17.4. The Labute approximate surface area is 123 Å². The third-order valence-corrected chi connectivity index (χ3v) is 4.23. The molecule has 1 saturated heterocycles. The van der Waals surface area contributed by atoms with Gasteiger partial charge in [-0.25, -0.2) is 0 Å². The van der Waals surface area contributed by atoms with Crippen LogP contribution in [0.15, 0.2) is 0 Å². The Morgan fingerprint density at radius 3 is 2.85 bits per heavy atom. The van der Waals surface area contributed by atoms with Gasteiger partial charge in [-0.1, -0.05) is 0 Å². The summed E-state index contributed by atoms with van der Waals surface area (Å²) in [5.74, 6) is 0.252. The summed E-state index contributed by atoms with van der Waals surface area (Å²) in [6, 6.07) is 0.426. The quantitative estimate of drug-likeness (QED) is 0.731. The number of rotatable bonds is 7. The van der Waals surface area contributed by atoms with Crippen molar-refractivity contribution in [3.63, 3.8) is 0 Å². The van der Waals surface area contributed by atoms with Gasteiger partial charge in [0.25, 0.3) is 0 Å². The Hall–Kier alpha value is -0.650. The molecule has 0 spiro atoms. The highest BCUT2D eigenvalue weighted by molar-refractivity contribution is 5.78. The zero-order valence-electron chi connectivity index (χ0n) is 13.4.